The number of benzene rings is 1. The molecule has 2 aromatic rings. The van der Waals surface area contributed by atoms with E-state index in [0.29, 0.717) is 0 Å². The van der Waals surface area contributed by atoms with Gasteiger partial charge in [-0.3, -0.25) is 9.69 Å². The summed E-state index contributed by atoms with van der Waals surface area (Å²) >= 11 is 0. The summed E-state index contributed by atoms with van der Waals surface area (Å²) in [5.74, 6) is 0.531. The Kier molecular flexibility index (Phi) is 3.75. The first-order valence-electron chi connectivity index (χ1n) is 7.20. The highest BCUT2D eigenvalue weighted by atomic mass is 16.3. The van der Waals surface area contributed by atoms with Crippen molar-refractivity contribution >= 4 is 5.91 Å². The lowest BCUT2D eigenvalue weighted by Crippen LogP contribution is -2.41. The lowest BCUT2D eigenvalue weighted by molar-refractivity contribution is -0.122. The van der Waals surface area contributed by atoms with Crippen molar-refractivity contribution in [3.05, 3.63) is 42.4 Å². The molecular weight excluding hydrogens is 266 g/mol. The molecule has 0 bridgehead atoms. The average Bonchev–Trinajstić information content (AvgIpc) is 3.18. The van der Waals surface area contributed by atoms with Gasteiger partial charge in [0.15, 0.2) is 12.2 Å². The first-order chi connectivity index (χ1) is 10.2. The summed E-state index contributed by atoms with van der Waals surface area (Å²) in [6, 6.07) is 8.20. The molecule has 2 N–H and O–H groups in total. The Morgan fingerprint density at radius 1 is 1.43 bits per heavy atom. The third-order valence-electron chi connectivity index (χ3n) is 4.23. The Bertz CT molecular complexity index is 607. The van der Waals surface area contributed by atoms with Crippen LogP contribution in [0.5, 0.6) is 0 Å². The Morgan fingerprint density at radius 3 is 2.81 bits per heavy atom. The molecule has 3 rings (SSSR count). The monoisotopic (exact) mass is 285 g/mol. The number of likely N-dealkylation sites (tertiary alicyclic amines) is 1. The summed E-state index contributed by atoms with van der Waals surface area (Å²) < 4.78 is 5.29. The molecule has 0 radical (unpaired) electrons. The number of carbonyl (C=O) groups is 1. The lowest BCUT2D eigenvalue weighted by atomic mass is 10.0. The van der Waals surface area contributed by atoms with Crippen LogP contribution in [0.1, 0.15) is 31.4 Å². The summed E-state index contributed by atoms with van der Waals surface area (Å²) in [4.78, 5) is 17.6. The van der Waals surface area contributed by atoms with E-state index in [1.807, 2.05) is 12.1 Å². The van der Waals surface area contributed by atoms with Gasteiger partial charge in [0.05, 0.1) is 12.2 Å². The first-order valence-corrected chi connectivity index (χ1v) is 7.20. The minimum absolute atomic E-state index is 0.144. The maximum Gasteiger partial charge on any atom is 0.234 e. The number of rotatable bonds is 4. The van der Waals surface area contributed by atoms with Crippen LogP contribution in [-0.4, -0.2) is 28.4 Å². The predicted octanol–water partition coefficient (Wildman–Crippen LogP) is 2.35. The summed E-state index contributed by atoms with van der Waals surface area (Å²) in [5, 5.41) is 0. The van der Waals surface area contributed by atoms with E-state index in [0.717, 1.165) is 30.7 Å². The molecule has 0 spiro atoms. The van der Waals surface area contributed by atoms with Gasteiger partial charge in [0, 0.05) is 11.6 Å². The van der Waals surface area contributed by atoms with Crippen molar-refractivity contribution in [2.75, 3.05) is 6.54 Å². The zero-order valence-electron chi connectivity index (χ0n) is 12.0. The number of primary amides is 1. The second kappa shape index (κ2) is 5.69. The van der Waals surface area contributed by atoms with E-state index in [9.17, 15) is 4.79 Å². The third kappa shape index (κ3) is 2.69. The molecule has 1 saturated heterocycles. The number of amides is 1. The van der Waals surface area contributed by atoms with Crippen molar-refractivity contribution in [1.29, 1.82) is 0 Å². The predicted molar refractivity (Wildman–Crippen MR) is 79.3 cm³/mol. The van der Waals surface area contributed by atoms with Crippen LogP contribution < -0.4 is 5.73 Å². The van der Waals surface area contributed by atoms with E-state index in [1.54, 1.807) is 6.20 Å². The fraction of sp³-hybridized carbons (Fsp3) is 0.375. The molecule has 1 aliphatic heterocycles. The topological polar surface area (TPSA) is 72.4 Å². The molecule has 5 nitrogen and oxygen atoms in total. The van der Waals surface area contributed by atoms with Gasteiger partial charge in [-0.15, -0.1) is 0 Å². The molecule has 0 aliphatic carbocycles. The van der Waals surface area contributed by atoms with E-state index in [-0.39, 0.29) is 18.0 Å². The van der Waals surface area contributed by atoms with Gasteiger partial charge < -0.3 is 10.2 Å². The highest BCUT2D eigenvalue weighted by Gasteiger charge is 2.32. The summed E-state index contributed by atoms with van der Waals surface area (Å²) in [7, 11) is 0. The normalized spacial score (nSPS) is 20.5. The minimum atomic E-state index is -0.224. The molecule has 1 fully saturated rings. The summed E-state index contributed by atoms with van der Waals surface area (Å²) in [5.41, 5.74) is 7.66. The lowest BCUT2D eigenvalue weighted by Gasteiger charge is -2.29. The molecule has 5 heteroatoms. The number of hydrogen-bond acceptors (Lipinski definition) is 4. The standard InChI is InChI=1S/C16H19N3O2/c1-11(19-8-2-3-14(19)16(17)20)12-4-6-13(7-5-12)15-9-18-10-21-15/h4-7,9-11,14H,2-3,8H2,1H3,(H2,17,20)/t11-,14?/m0/s1. The van der Waals surface area contributed by atoms with Gasteiger partial charge >= 0.3 is 0 Å². The van der Waals surface area contributed by atoms with Crippen LogP contribution in [0.3, 0.4) is 0 Å². The van der Waals surface area contributed by atoms with E-state index < -0.39 is 0 Å². The number of carbonyl (C=O) groups excluding carboxylic acids is 1. The number of nitrogens with zero attached hydrogens (tertiary/aromatic N) is 2. The molecule has 1 amide bonds. The van der Waals surface area contributed by atoms with Gasteiger partial charge in [-0.1, -0.05) is 24.3 Å². The van der Waals surface area contributed by atoms with Crippen LogP contribution in [0.4, 0.5) is 0 Å². The van der Waals surface area contributed by atoms with Crippen molar-refractivity contribution in [2.24, 2.45) is 5.73 Å². The maximum atomic E-state index is 11.5. The number of hydrogen-bond donors (Lipinski definition) is 1. The molecule has 1 aromatic heterocycles. The number of aromatic nitrogens is 1. The van der Waals surface area contributed by atoms with Gasteiger partial charge in [-0.05, 0) is 31.9 Å². The van der Waals surface area contributed by atoms with E-state index in [4.69, 9.17) is 10.2 Å². The molecule has 1 aliphatic rings. The Morgan fingerprint density at radius 2 is 2.19 bits per heavy atom. The molecule has 2 atom stereocenters. The fourth-order valence-electron chi connectivity index (χ4n) is 3.03. The van der Waals surface area contributed by atoms with Crippen LogP contribution in [0.25, 0.3) is 11.3 Å². The zero-order chi connectivity index (χ0) is 14.8. The average molecular weight is 285 g/mol. The van der Waals surface area contributed by atoms with Crippen molar-refractivity contribution in [3.63, 3.8) is 0 Å². The van der Waals surface area contributed by atoms with Gasteiger partial charge in [0.25, 0.3) is 0 Å². The minimum Gasteiger partial charge on any atom is -0.444 e. The van der Waals surface area contributed by atoms with Gasteiger partial charge in [-0.25, -0.2) is 4.98 Å². The molecule has 0 saturated carbocycles. The molecule has 1 unspecified atom stereocenters. The molecule has 1 aromatic carbocycles. The maximum absolute atomic E-state index is 11.5. The quantitative estimate of drug-likeness (QED) is 0.936. The highest BCUT2D eigenvalue weighted by Crippen LogP contribution is 2.30. The fourth-order valence-corrected chi connectivity index (χ4v) is 3.03. The van der Waals surface area contributed by atoms with Crippen LogP contribution in [0.2, 0.25) is 0 Å². The van der Waals surface area contributed by atoms with Crippen LogP contribution >= 0.6 is 0 Å². The molecule has 110 valence electrons. The largest absolute Gasteiger partial charge is 0.444 e. The van der Waals surface area contributed by atoms with Crippen LogP contribution in [-0.2, 0) is 4.79 Å². The molecular formula is C16H19N3O2. The summed E-state index contributed by atoms with van der Waals surface area (Å²) in [6.45, 7) is 3.03. The van der Waals surface area contributed by atoms with Crippen molar-refractivity contribution in [3.8, 4) is 11.3 Å². The second-order valence-electron chi connectivity index (χ2n) is 5.46. The van der Waals surface area contributed by atoms with E-state index in [2.05, 4.69) is 28.9 Å². The SMILES string of the molecule is C[C@@H](c1ccc(-c2cnco2)cc1)N1CCCC1C(N)=O. The van der Waals surface area contributed by atoms with Crippen LogP contribution in [0, 0.1) is 0 Å². The Hall–Kier alpha value is -2.14. The smallest absolute Gasteiger partial charge is 0.234 e. The summed E-state index contributed by atoms with van der Waals surface area (Å²) in [6.07, 6.45) is 5.00. The van der Waals surface area contributed by atoms with Gasteiger partial charge in [0.1, 0.15) is 0 Å². The third-order valence-corrected chi connectivity index (χ3v) is 4.23. The first kappa shape index (κ1) is 13.8. The molecule has 21 heavy (non-hydrogen) atoms. The zero-order valence-corrected chi connectivity index (χ0v) is 12.0. The number of nitrogens with two attached hydrogens (primary N) is 1. The van der Waals surface area contributed by atoms with Crippen molar-refractivity contribution in [1.82, 2.24) is 9.88 Å². The molecule has 2 heterocycles. The number of oxazole rings is 1. The Labute approximate surface area is 123 Å². The van der Waals surface area contributed by atoms with E-state index in [1.165, 1.54) is 12.0 Å². The Balaban J connectivity index is 1.79. The van der Waals surface area contributed by atoms with Crippen molar-refractivity contribution < 1.29 is 9.21 Å². The van der Waals surface area contributed by atoms with Crippen LogP contribution in [0.15, 0.2) is 41.3 Å². The van der Waals surface area contributed by atoms with Gasteiger partial charge in [-0.2, -0.15) is 0 Å². The highest BCUT2D eigenvalue weighted by molar-refractivity contribution is 5.80. The van der Waals surface area contributed by atoms with E-state index >= 15 is 0 Å². The van der Waals surface area contributed by atoms with Gasteiger partial charge in [0.2, 0.25) is 5.91 Å². The van der Waals surface area contributed by atoms with Crippen molar-refractivity contribution in [2.45, 2.75) is 31.8 Å². The second-order valence-corrected chi connectivity index (χ2v) is 5.46.